The molecule has 0 radical (unpaired) electrons. The molecule has 0 heterocycles. The zero-order chi connectivity index (χ0) is 10.0. The molecule has 0 aliphatic rings. The van der Waals surface area contributed by atoms with Gasteiger partial charge in [-0.2, -0.15) is 0 Å². The molecule has 0 fully saturated rings. The SMILES string of the molecule is CC(O)C(O)c1cc(Cl)ccc1Cl. The fraction of sp³-hybridized carbons (Fsp3) is 0.333. The monoisotopic (exact) mass is 220 g/mol. The molecule has 1 rings (SSSR count). The zero-order valence-corrected chi connectivity index (χ0v) is 8.55. The Labute approximate surface area is 86.7 Å². The molecule has 2 unspecified atom stereocenters. The quantitative estimate of drug-likeness (QED) is 0.804. The lowest BCUT2D eigenvalue weighted by molar-refractivity contribution is 0.0306. The van der Waals surface area contributed by atoms with E-state index in [4.69, 9.17) is 28.3 Å². The molecular formula is C9H10Cl2O2. The Morgan fingerprint density at radius 3 is 2.38 bits per heavy atom. The second-order valence-corrected chi connectivity index (χ2v) is 3.69. The molecule has 0 saturated heterocycles. The van der Waals surface area contributed by atoms with Gasteiger partial charge in [-0.15, -0.1) is 0 Å². The fourth-order valence-corrected chi connectivity index (χ4v) is 1.41. The minimum Gasteiger partial charge on any atom is -0.390 e. The van der Waals surface area contributed by atoms with Crippen LogP contribution in [0.1, 0.15) is 18.6 Å². The van der Waals surface area contributed by atoms with Gasteiger partial charge in [0, 0.05) is 15.6 Å². The largest absolute Gasteiger partial charge is 0.390 e. The smallest absolute Gasteiger partial charge is 0.106 e. The van der Waals surface area contributed by atoms with Gasteiger partial charge in [0.05, 0.1) is 6.10 Å². The van der Waals surface area contributed by atoms with Gasteiger partial charge < -0.3 is 10.2 Å². The number of aliphatic hydroxyl groups is 2. The summed E-state index contributed by atoms with van der Waals surface area (Å²) in [5, 5.41) is 19.5. The van der Waals surface area contributed by atoms with Crippen molar-refractivity contribution in [2.24, 2.45) is 0 Å². The van der Waals surface area contributed by atoms with Gasteiger partial charge in [0.25, 0.3) is 0 Å². The third-order valence-corrected chi connectivity index (χ3v) is 2.31. The van der Waals surface area contributed by atoms with Crippen LogP contribution >= 0.6 is 23.2 Å². The molecule has 0 aliphatic carbocycles. The molecule has 0 amide bonds. The van der Waals surface area contributed by atoms with Crippen LogP contribution in [-0.2, 0) is 0 Å². The second kappa shape index (κ2) is 4.29. The van der Waals surface area contributed by atoms with Crippen molar-refractivity contribution in [1.29, 1.82) is 0 Å². The maximum atomic E-state index is 9.51. The highest BCUT2D eigenvalue weighted by Gasteiger charge is 2.16. The lowest BCUT2D eigenvalue weighted by Gasteiger charge is -2.15. The lowest BCUT2D eigenvalue weighted by atomic mass is 10.1. The Kier molecular flexibility index (Phi) is 3.56. The van der Waals surface area contributed by atoms with Gasteiger partial charge in [-0.05, 0) is 25.1 Å². The summed E-state index contributed by atoms with van der Waals surface area (Å²) in [5.41, 5.74) is 0.448. The van der Waals surface area contributed by atoms with Crippen molar-refractivity contribution in [3.8, 4) is 0 Å². The van der Waals surface area contributed by atoms with Gasteiger partial charge in [-0.3, -0.25) is 0 Å². The van der Waals surface area contributed by atoms with Crippen molar-refractivity contribution < 1.29 is 10.2 Å². The van der Waals surface area contributed by atoms with Crippen molar-refractivity contribution in [2.75, 3.05) is 0 Å². The third-order valence-electron chi connectivity index (χ3n) is 1.73. The maximum Gasteiger partial charge on any atom is 0.106 e. The van der Waals surface area contributed by atoms with Gasteiger partial charge in [0.2, 0.25) is 0 Å². The highest BCUT2D eigenvalue weighted by atomic mass is 35.5. The fourth-order valence-electron chi connectivity index (χ4n) is 1.00. The molecule has 2 nitrogen and oxygen atoms in total. The molecule has 2 N–H and O–H groups in total. The summed E-state index contributed by atoms with van der Waals surface area (Å²) in [4.78, 5) is 0. The standard InChI is InChI=1S/C9H10Cl2O2/c1-5(12)9(13)7-4-6(10)2-3-8(7)11/h2-5,9,12-13H,1H3. The van der Waals surface area contributed by atoms with Crippen LogP contribution < -0.4 is 0 Å². The van der Waals surface area contributed by atoms with Crippen molar-refractivity contribution in [2.45, 2.75) is 19.1 Å². The van der Waals surface area contributed by atoms with E-state index in [0.29, 0.717) is 15.6 Å². The molecule has 0 spiro atoms. The minimum absolute atomic E-state index is 0.401. The summed E-state index contributed by atoms with van der Waals surface area (Å²) >= 11 is 11.5. The number of benzene rings is 1. The Bertz CT molecular complexity index is 300. The van der Waals surface area contributed by atoms with Crippen LogP contribution in [-0.4, -0.2) is 16.3 Å². The molecule has 72 valence electrons. The molecular weight excluding hydrogens is 211 g/mol. The van der Waals surface area contributed by atoms with E-state index in [2.05, 4.69) is 0 Å². The molecule has 0 aromatic heterocycles. The van der Waals surface area contributed by atoms with Crippen LogP contribution in [0.3, 0.4) is 0 Å². The average Bonchev–Trinajstić information content (AvgIpc) is 2.08. The first-order chi connectivity index (χ1) is 6.02. The highest BCUT2D eigenvalue weighted by molar-refractivity contribution is 6.33. The van der Waals surface area contributed by atoms with E-state index in [1.54, 1.807) is 18.2 Å². The Morgan fingerprint density at radius 1 is 1.23 bits per heavy atom. The molecule has 0 bridgehead atoms. The number of halogens is 2. The predicted molar refractivity (Wildman–Crippen MR) is 53.1 cm³/mol. The van der Waals surface area contributed by atoms with Gasteiger partial charge in [-0.1, -0.05) is 23.2 Å². The van der Waals surface area contributed by atoms with Crippen LogP contribution in [0.2, 0.25) is 10.0 Å². The summed E-state index contributed by atoms with van der Waals surface area (Å²) in [6, 6.07) is 4.76. The molecule has 0 aliphatic heterocycles. The third kappa shape index (κ3) is 2.58. The van der Waals surface area contributed by atoms with Crippen LogP contribution in [0.25, 0.3) is 0 Å². The predicted octanol–water partition coefficient (Wildman–Crippen LogP) is 2.41. The molecule has 13 heavy (non-hydrogen) atoms. The number of hydrogen-bond donors (Lipinski definition) is 2. The van der Waals surface area contributed by atoms with E-state index in [-0.39, 0.29) is 0 Å². The van der Waals surface area contributed by atoms with Crippen LogP contribution in [0.4, 0.5) is 0 Å². The van der Waals surface area contributed by atoms with Crippen LogP contribution in [0, 0.1) is 0 Å². The highest BCUT2D eigenvalue weighted by Crippen LogP contribution is 2.27. The number of hydrogen-bond acceptors (Lipinski definition) is 2. The van der Waals surface area contributed by atoms with Gasteiger partial charge >= 0.3 is 0 Å². The topological polar surface area (TPSA) is 40.5 Å². The van der Waals surface area contributed by atoms with Crippen molar-refractivity contribution in [3.63, 3.8) is 0 Å². The van der Waals surface area contributed by atoms with E-state index < -0.39 is 12.2 Å². The van der Waals surface area contributed by atoms with E-state index in [1.165, 1.54) is 6.92 Å². The molecule has 1 aromatic carbocycles. The van der Waals surface area contributed by atoms with Gasteiger partial charge in [-0.25, -0.2) is 0 Å². The molecule has 2 atom stereocenters. The van der Waals surface area contributed by atoms with E-state index in [9.17, 15) is 5.11 Å². The normalized spacial score (nSPS) is 15.5. The maximum absolute atomic E-state index is 9.51. The minimum atomic E-state index is -0.994. The van der Waals surface area contributed by atoms with Gasteiger partial charge in [0.1, 0.15) is 6.10 Å². The lowest BCUT2D eigenvalue weighted by Crippen LogP contribution is -2.14. The first-order valence-corrected chi connectivity index (χ1v) is 4.59. The first-order valence-electron chi connectivity index (χ1n) is 3.83. The Balaban J connectivity index is 3.05. The number of aliphatic hydroxyl groups excluding tert-OH is 2. The summed E-state index contributed by atoms with van der Waals surface area (Å²) in [6.45, 7) is 1.49. The molecule has 4 heteroatoms. The zero-order valence-electron chi connectivity index (χ0n) is 7.04. The summed E-state index contributed by atoms with van der Waals surface area (Å²) in [6.07, 6.45) is -1.86. The first kappa shape index (κ1) is 10.8. The van der Waals surface area contributed by atoms with E-state index >= 15 is 0 Å². The molecule has 1 aromatic rings. The van der Waals surface area contributed by atoms with Crippen LogP contribution in [0.5, 0.6) is 0 Å². The summed E-state index contributed by atoms with van der Waals surface area (Å²) in [7, 11) is 0. The second-order valence-electron chi connectivity index (χ2n) is 2.85. The van der Waals surface area contributed by atoms with E-state index in [0.717, 1.165) is 0 Å². The number of rotatable bonds is 2. The molecule has 0 saturated carbocycles. The average molecular weight is 221 g/mol. The van der Waals surface area contributed by atoms with Crippen LogP contribution in [0.15, 0.2) is 18.2 Å². The Hall–Kier alpha value is -0.280. The van der Waals surface area contributed by atoms with Crippen molar-refractivity contribution in [1.82, 2.24) is 0 Å². The Morgan fingerprint density at radius 2 is 1.85 bits per heavy atom. The van der Waals surface area contributed by atoms with Crippen molar-refractivity contribution >= 4 is 23.2 Å². The van der Waals surface area contributed by atoms with Gasteiger partial charge in [0.15, 0.2) is 0 Å². The van der Waals surface area contributed by atoms with E-state index in [1.807, 2.05) is 0 Å². The summed E-state index contributed by atoms with van der Waals surface area (Å²) < 4.78 is 0. The summed E-state index contributed by atoms with van der Waals surface area (Å²) in [5.74, 6) is 0. The van der Waals surface area contributed by atoms with Crippen molar-refractivity contribution in [3.05, 3.63) is 33.8 Å².